The number of hydrazine groups is 1. The van der Waals surface area contributed by atoms with Gasteiger partial charge in [-0.15, -0.1) is 0 Å². The van der Waals surface area contributed by atoms with E-state index in [1.807, 2.05) is 30.1 Å². The van der Waals surface area contributed by atoms with Gasteiger partial charge in [0, 0.05) is 24.7 Å². The Labute approximate surface area is 161 Å². The van der Waals surface area contributed by atoms with E-state index in [-0.39, 0.29) is 0 Å². The molecule has 1 atom stereocenters. The van der Waals surface area contributed by atoms with Crippen molar-refractivity contribution in [2.75, 3.05) is 19.6 Å². The quantitative estimate of drug-likeness (QED) is 0.398. The fourth-order valence-electron chi connectivity index (χ4n) is 2.41. The second kappa shape index (κ2) is 10.7. The predicted molar refractivity (Wildman–Crippen MR) is 106 cm³/mol. The first-order valence-electron chi connectivity index (χ1n) is 8.96. The number of hydrogen-bond acceptors (Lipinski definition) is 4. The van der Waals surface area contributed by atoms with Gasteiger partial charge in [0.2, 0.25) is 0 Å². The van der Waals surface area contributed by atoms with Gasteiger partial charge < -0.3 is 10.2 Å². The van der Waals surface area contributed by atoms with Crippen molar-refractivity contribution in [3.63, 3.8) is 0 Å². The van der Waals surface area contributed by atoms with Gasteiger partial charge in [-0.25, -0.2) is 5.01 Å². The summed E-state index contributed by atoms with van der Waals surface area (Å²) >= 11 is 5.97. The molecule has 0 aliphatic rings. The molecule has 0 aliphatic carbocycles. The maximum absolute atomic E-state index is 11.2. The lowest BCUT2D eigenvalue weighted by Gasteiger charge is -2.25. The van der Waals surface area contributed by atoms with Crippen LogP contribution in [0.15, 0.2) is 35.9 Å². The lowest BCUT2D eigenvalue weighted by atomic mass is 9.89. The normalized spacial score (nSPS) is 13.9. The number of aliphatic hydroxyl groups is 1. The second-order valence-corrected chi connectivity index (χ2v) is 7.73. The number of halogens is 1. The molecule has 0 bridgehead atoms. The molecule has 0 fully saturated rings. The van der Waals surface area contributed by atoms with E-state index in [0.717, 1.165) is 24.1 Å². The number of benzene rings is 1. The van der Waals surface area contributed by atoms with Crippen molar-refractivity contribution in [2.24, 2.45) is 5.41 Å². The molecule has 0 amide bonds. The molecule has 1 aromatic rings. The highest BCUT2D eigenvalue weighted by molar-refractivity contribution is 6.30. The van der Waals surface area contributed by atoms with Gasteiger partial charge in [0.1, 0.15) is 0 Å². The monoisotopic (exact) mass is 382 g/mol. The molecule has 6 heteroatoms. The number of carboxylic acids is 1. The minimum Gasteiger partial charge on any atom is -0.481 e. The van der Waals surface area contributed by atoms with Crippen LogP contribution in [-0.2, 0) is 4.79 Å². The number of allylic oxidation sites excluding steroid dienone is 1. The summed E-state index contributed by atoms with van der Waals surface area (Å²) in [5, 5.41) is 22.2. The Hall–Kier alpha value is -1.40. The average Bonchev–Trinajstić information content (AvgIpc) is 2.57. The van der Waals surface area contributed by atoms with Gasteiger partial charge in [0.15, 0.2) is 0 Å². The van der Waals surface area contributed by atoms with Gasteiger partial charge in [0.25, 0.3) is 0 Å². The van der Waals surface area contributed by atoms with E-state index in [1.54, 1.807) is 26.0 Å². The highest BCUT2D eigenvalue weighted by atomic mass is 35.5. The van der Waals surface area contributed by atoms with Gasteiger partial charge in [-0.1, -0.05) is 42.3 Å². The zero-order valence-electron chi connectivity index (χ0n) is 16.1. The molecule has 0 unspecified atom stereocenters. The fourth-order valence-corrected chi connectivity index (χ4v) is 2.61. The molecule has 0 saturated heterocycles. The van der Waals surface area contributed by atoms with E-state index in [1.165, 1.54) is 0 Å². The van der Waals surface area contributed by atoms with E-state index >= 15 is 0 Å². The third-order valence-electron chi connectivity index (χ3n) is 4.22. The van der Waals surface area contributed by atoms with E-state index in [0.29, 0.717) is 24.5 Å². The maximum atomic E-state index is 11.2. The summed E-state index contributed by atoms with van der Waals surface area (Å²) < 4.78 is 0. The molecule has 0 radical (unpaired) electrons. The Kier molecular flexibility index (Phi) is 9.30. The molecule has 3 N–H and O–H groups in total. The number of carbonyl (C=O) groups is 1. The van der Waals surface area contributed by atoms with Gasteiger partial charge in [0.05, 0.1) is 11.5 Å². The van der Waals surface area contributed by atoms with E-state index in [4.69, 9.17) is 11.6 Å². The second-order valence-electron chi connectivity index (χ2n) is 7.30. The van der Waals surface area contributed by atoms with Crippen molar-refractivity contribution in [1.82, 2.24) is 10.4 Å². The van der Waals surface area contributed by atoms with Crippen molar-refractivity contribution >= 4 is 17.6 Å². The first-order valence-corrected chi connectivity index (χ1v) is 9.34. The van der Waals surface area contributed by atoms with Crippen molar-refractivity contribution in [1.29, 1.82) is 0 Å². The van der Waals surface area contributed by atoms with E-state index in [9.17, 15) is 15.0 Å². The Morgan fingerprint density at radius 3 is 2.69 bits per heavy atom. The van der Waals surface area contributed by atoms with E-state index < -0.39 is 17.5 Å². The van der Waals surface area contributed by atoms with E-state index in [2.05, 4.69) is 12.3 Å². The minimum atomic E-state index is -0.797. The number of nitrogens with one attached hydrogen (secondary N) is 1. The molecule has 26 heavy (non-hydrogen) atoms. The van der Waals surface area contributed by atoms with Crippen LogP contribution < -0.4 is 5.43 Å². The third kappa shape index (κ3) is 7.87. The lowest BCUT2D eigenvalue weighted by molar-refractivity contribution is -0.146. The number of carboxylic acid groups (broad SMARTS) is 1. The van der Waals surface area contributed by atoms with Crippen LogP contribution in [0.4, 0.5) is 0 Å². The summed E-state index contributed by atoms with van der Waals surface area (Å²) in [6.45, 7) is 9.42. The molecule has 0 aliphatic heterocycles. The zero-order chi connectivity index (χ0) is 19.7. The highest BCUT2D eigenvalue weighted by Gasteiger charge is 2.25. The van der Waals surface area contributed by atoms with Gasteiger partial charge in [-0.05, 0) is 51.3 Å². The van der Waals surface area contributed by atoms with Crippen LogP contribution in [0.5, 0.6) is 0 Å². The van der Waals surface area contributed by atoms with Crippen molar-refractivity contribution in [2.45, 2.75) is 46.6 Å². The number of aliphatic hydroxyl groups excluding tert-OH is 1. The number of hydrogen-bond donors (Lipinski definition) is 3. The van der Waals surface area contributed by atoms with Gasteiger partial charge in [-0.3, -0.25) is 10.2 Å². The summed E-state index contributed by atoms with van der Waals surface area (Å²) in [7, 11) is 0. The maximum Gasteiger partial charge on any atom is 0.309 e. The number of nitrogens with zero attached hydrogens (tertiary/aromatic N) is 1. The molecule has 1 aromatic carbocycles. The molecular formula is C20H31ClN2O3. The van der Waals surface area contributed by atoms with Crippen LogP contribution >= 0.6 is 11.6 Å². The van der Waals surface area contributed by atoms with Gasteiger partial charge in [-0.2, -0.15) is 0 Å². The van der Waals surface area contributed by atoms with Crippen LogP contribution in [-0.4, -0.2) is 40.8 Å². The summed E-state index contributed by atoms with van der Waals surface area (Å²) in [6.07, 6.45) is 2.78. The molecule has 0 spiro atoms. The van der Waals surface area contributed by atoms with Crippen molar-refractivity contribution in [3.8, 4) is 0 Å². The molecule has 0 heterocycles. The minimum absolute atomic E-state index is 0.383. The molecule has 0 saturated carbocycles. The third-order valence-corrected chi connectivity index (χ3v) is 4.45. The molecular weight excluding hydrogens is 352 g/mol. The summed E-state index contributed by atoms with van der Waals surface area (Å²) in [5.74, 6) is -0.797. The SMILES string of the molecule is CCCN(CC(C)=CCC(C)(C)C(=O)O)NC[C@H](O)c1cccc(Cl)c1. The fraction of sp³-hybridized carbons (Fsp3) is 0.550. The molecule has 5 nitrogen and oxygen atoms in total. The Balaban J connectivity index is 2.61. The standard InChI is InChI=1S/C20H31ClN2O3/c1-5-11-23(14-15(2)9-10-20(3,4)19(25)26)22-13-18(24)16-7-6-8-17(21)12-16/h6-9,12,18,22,24H,5,10-11,13-14H2,1-4H3,(H,25,26)/t18-/m0/s1. The first-order chi connectivity index (χ1) is 12.2. The summed E-state index contributed by atoms with van der Waals surface area (Å²) in [5.41, 5.74) is 4.37. The topological polar surface area (TPSA) is 72.8 Å². The molecule has 146 valence electrons. The van der Waals surface area contributed by atoms with Crippen LogP contribution in [0, 0.1) is 5.41 Å². The average molecular weight is 383 g/mol. The highest BCUT2D eigenvalue weighted by Crippen LogP contribution is 2.22. The van der Waals surface area contributed by atoms with Crippen LogP contribution in [0.25, 0.3) is 0 Å². The smallest absolute Gasteiger partial charge is 0.309 e. The lowest BCUT2D eigenvalue weighted by Crippen LogP contribution is -2.42. The largest absolute Gasteiger partial charge is 0.481 e. The summed E-state index contributed by atoms with van der Waals surface area (Å²) in [4.78, 5) is 11.2. The summed E-state index contributed by atoms with van der Waals surface area (Å²) in [6, 6.07) is 7.21. The van der Waals surface area contributed by atoms with Crippen LogP contribution in [0.3, 0.4) is 0 Å². The molecule has 0 aromatic heterocycles. The van der Waals surface area contributed by atoms with Crippen LogP contribution in [0.1, 0.15) is 52.2 Å². The Morgan fingerprint density at radius 1 is 1.42 bits per heavy atom. The Morgan fingerprint density at radius 2 is 2.12 bits per heavy atom. The molecule has 1 rings (SSSR count). The van der Waals surface area contributed by atoms with Crippen molar-refractivity contribution < 1.29 is 15.0 Å². The zero-order valence-corrected chi connectivity index (χ0v) is 16.9. The number of rotatable bonds is 11. The van der Waals surface area contributed by atoms with Crippen LogP contribution in [0.2, 0.25) is 5.02 Å². The predicted octanol–water partition coefficient (Wildman–Crippen LogP) is 4.04. The van der Waals surface area contributed by atoms with Gasteiger partial charge >= 0.3 is 5.97 Å². The van der Waals surface area contributed by atoms with Crippen molar-refractivity contribution in [3.05, 3.63) is 46.5 Å². The Bertz CT molecular complexity index is 617. The number of aliphatic carboxylic acids is 1. The first kappa shape index (κ1) is 22.6.